The Morgan fingerprint density at radius 2 is 1.46 bits per heavy atom. The van der Waals surface area contributed by atoms with Gasteiger partial charge in [0.15, 0.2) is 0 Å². The zero-order valence-corrected chi connectivity index (χ0v) is 14.2. The number of hydrogen-bond acceptors (Lipinski definition) is 4. The number of ether oxygens (including phenoxy) is 1. The van der Waals surface area contributed by atoms with Gasteiger partial charge in [-0.2, -0.15) is 0 Å². The number of hydrogen-bond donors (Lipinski definition) is 1. The van der Waals surface area contributed by atoms with Crippen LogP contribution >= 0.6 is 0 Å². The van der Waals surface area contributed by atoms with Crippen molar-refractivity contribution in [3.8, 4) is 0 Å². The standard InChI is InChI=1S/C20H26N2O2/c1-2-21(17-9-5-3-6-10-17)13-19(23)14-22(15-20-16-24-20)18-11-7-4-8-12-18/h3-12,19-20,23H,2,13-16H2,1H3. The first-order valence-electron chi connectivity index (χ1n) is 8.66. The van der Waals surface area contributed by atoms with Crippen molar-refractivity contribution in [2.75, 3.05) is 42.6 Å². The van der Waals surface area contributed by atoms with Crippen LogP contribution in [0.5, 0.6) is 0 Å². The van der Waals surface area contributed by atoms with Crippen LogP contribution in [-0.4, -0.2) is 50.1 Å². The maximum Gasteiger partial charge on any atom is 0.0984 e. The molecule has 2 aromatic rings. The lowest BCUT2D eigenvalue weighted by Crippen LogP contribution is -2.41. The Morgan fingerprint density at radius 3 is 1.96 bits per heavy atom. The van der Waals surface area contributed by atoms with E-state index in [2.05, 4.69) is 41.0 Å². The highest BCUT2D eigenvalue weighted by Gasteiger charge is 2.27. The molecule has 2 unspecified atom stereocenters. The molecule has 0 bridgehead atoms. The molecule has 3 rings (SSSR count). The van der Waals surface area contributed by atoms with Crippen LogP contribution < -0.4 is 9.80 Å². The third kappa shape index (κ3) is 4.73. The van der Waals surface area contributed by atoms with Crippen LogP contribution in [-0.2, 0) is 4.74 Å². The summed E-state index contributed by atoms with van der Waals surface area (Å²) in [7, 11) is 0. The van der Waals surface area contributed by atoms with Crippen LogP contribution in [0.15, 0.2) is 60.7 Å². The lowest BCUT2D eigenvalue weighted by atomic mass is 10.2. The summed E-state index contributed by atoms with van der Waals surface area (Å²) < 4.78 is 5.38. The van der Waals surface area contributed by atoms with Crippen molar-refractivity contribution < 1.29 is 9.84 Å². The number of aliphatic hydroxyl groups excluding tert-OH is 1. The largest absolute Gasteiger partial charge is 0.389 e. The molecule has 1 N–H and O–H groups in total. The Bertz CT molecular complexity index is 602. The monoisotopic (exact) mass is 326 g/mol. The van der Waals surface area contributed by atoms with E-state index in [0.717, 1.165) is 31.1 Å². The van der Waals surface area contributed by atoms with Crippen LogP contribution in [0.2, 0.25) is 0 Å². The molecule has 0 saturated carbocycles. The molecule has 0 spiro atoms. The highest BCUT2D eigenvalue weighted by atomic mass is 16.6. The van der Waals surface area contributed by atoms with Gasteiger partial charge in [0, 0.05) is 37.6 Å². The third-order valence-corrected chi connectivity index (χ3v) is 4.31. The molecule has 2 aromatic carbocycles. The van der Waals surface area contributed by atoms with Crippen molar-refractivity contribution in [2.24, 2.45) is 0 Å². The van der Waals surface area contributed by atoms with E-state index in [1.165, 1.54) is 0 Å². The topological polar surface area (TPSA) is 39.2 Å². The molecule has 1 aliphatic rings. The van der Waals surface area contributed by atoms with Crippen molar-refractivity contribution in [3.63, 3.8) is 0 Å². The molecule has 4 heteroatoms. The van der Waals surface area contributed by atoms with Gasteiger partial charge in [-0.05, 0) is 31.2 Å². The van der Waals surface area contributed by atoms with Crippen molar-refractivity contribution in [1.29, 1.82) is 0 Å². The minimum Gasteiger partial charge on any atom is -0.389 e. The molecule has 1 aliphatic heterocycles. The Balaban J connectivity index is 1.63. The minimum atomic E-state index is -0.427. The average molecular weight is 326 g/mol. The van der Waals surface area contributed by atoms with E-state index in [4.69, 9.17) is 4.74 Å². The number of rotatable bonds is 9. The van der Waals surface area contributed by atoms with E-state index in [-0.39, 0.29) is 0 Å². The summed E-state index contributed by atoms with van der Waals surface area (Å²) >= 11 is 0. The van der Waals surface area contributed by atoms with Crippen LogP contribution in [0.4, 0.5) is 11.4 Å². The second-order valence-corrected chi connectivity index (χ2v) is 6.22. The summed E-state index contributed by atoms with van der Waals surface area (Å²) in [6.45, 7) is 5.87. The first-order valence-corrected chi connectivity index (χ1v) is 8.66. The Kier molecular flexibility index (Phi) is 5.72. The lowest BCUT2D eigenvalue weighted by molar-refractivity contribution is 0.184. The summed E-state index contributed by atoms with van der Waals surface area (Å²) in [4.78, 5) is 4.43. The summed E-state index contributed by atoms with van der Waals surface area (Å²) in [5.41, 5.74) is 2.28. The highest BCUT2D eigenvalue weighted by molar-refractivity contribution is 5.48. The van der Waals surface area contributed by atoms with Crippen molar-refractivity contribution in [2.45, 2.75) is 19.1 Å². The molecule has 24 heavy (non-hydrogen) atoms. The van der Waals surface area contributed by atoms with E-state index in [1.54, 1.807) is 0 Å². The number of nitrogens with zero attached hydrogens (tertiary/aromatic N) is 2. The molecule has 0 amide bonds. The average Bonchev–Trinajstić information content (AvgIpc) is 3.45. The van der Waals surface area contributed by atoms with Crippen LogP contribution in [0.1, 0.15) is 6.92 Å². The van der Waals surface area contributed by atoms with Crippen molar-refractivity contribution in [1.82, 2.24) is 0 Å². The fourth-order valence-corrected chi connectivity index (χ4v) is 2.97. The second-order valence-electron chi connectivity index (χ2n) is 6.22. The number of aliphatic hydroxyl groups is 1. The molecule has 0 aliphatic carbocycles. The molecular weight excluding hydrogens is 300 g/mol. The van der Waals surface area contributed by atoms with Gasteiger partial charge in [0.2, 0.25) is 0 Å². The van der Waals surface area contributed by atoms with E-state index in [9.17, 15) is 5.11 Å². The maximum atomic E-state index is 10.7. The Labute approximate surface area is 144 Å². The van der Waals surface area contributed by atoms with Crippen LogP contribution in [0.3, 0.4) is 0 Å². The normalized spacial score (nSPS) is 17.3. The second kappa shape index (κ2) is 8.18. The number of benzene rings is 2. The lowest BCUT2D eigenvalue weighted by Gasteiger charge is -2.31. The fourth-order valence-electron chi connectivity index (χ4n) is 2.97. The fraction of sp³-hybridized carbons (Fsp3) is 0.400. The SMILES string of the molecule is CCN(CC(O)CN(CC1CO1)c1ccccc1)c1ccccc1. The summed E-state index contributed by atoms with van der Waals surface area (Å²) in [5.74, 6) is 0. The summed E-state index contributed by atoms with van der Waals surface area (Å²) in [6.07, 6.45) is -0.127. The van der Waals surface area contributed by atoms with Gasteiger partial charge in [-0.25, -0.2) is 0 Å². The Hall–Kier alpha value is -2.04. The smallest absolute Gasteiger partial charge is 0.0984 e. The third-order valence-electron chi connectivity index (χ3n) is 4.31. The molecule has 1 fully saturated rings. The highest BCUT2D eigenvalue weighted by Crippen LogP contribution is 2.20. The van der Waals surface area contributed by atoms with E-state index in [1.807, 2.05) is 36.4 Å². The van der Waals surface area contributed by atoms with E-state index in [0.29, 0.717) is 19.2 Å². The van der Waals surface area contributed by atoms with Crippen molar-refractivity contribution >= 4 is 11.4 Å². The Morgan fingerprint density at radius 1 is 0.958 bits per heavy atom. The van der Waals surface area contributed by atoms with Crippen LogP contribution in [0.25, 0.3) is 0 Å². The van der Waals surface area contributed by atoms with Gasteiger partial charge in [0.05, 0.1) is 18.8 Å². The molecule has 2 atom stereocenters. The quantitative estimate of drug-likeness (QED) is 0.719. The van der Waals surface area contributed by atoms with Gasteiger partial charge >= 0.3 is 0 Å². The minimum absolute atomic E-state index is 0.300. The van der Waals surface area contributed by atoms with Gasteiger partial charge in [-0.1, -0.05) is 36.4 Å². The molecule has 128 valence electrons. The van der Waals surface area contributed by atoms with Gasteiger partial charge < -0.3 is 19.6 Å². The molecular formula is C20H26N2O2. The molecule has 4 nitrogen and oxygen atoms in total. The van der Waals surface area contributed by atoms with Gasteiger partial charge in [-0.15, -0.1) is 0 Å². The van der Waals surface area contributed by atoms with Gasteiger partial charge in [0.1, 0.15) is 0 Å². The van der Waals surface area contributed by atoms with E-state index >= 15 is 0 Å². The van der Waals surface area contributed by atoms with Crippen molar-refractivity contribution in [3.05, 3.63) is 60.7 Å². The van der Waals surface area contributed by atoms with Gasteiger partial charge in [-0.3, -0.25) is 0 Å². The molecule has 0 radical (unpaired) electrons. The van der Waals surface area contributed by atoms with E-state index < -0.39 is 6.10 Å². The predicted octanol–water partition coefficient (Wildman–Crippen LogP) is 2.78. The molecule has 1 saturated heterocycles. The first kappa shape index (κ1) is 16.8. The summed E-state index contributed by atoms with van der Waals surface area (Å²) in [6, 6.07) is 20.5. The number of epoxide rings is 1. The first-order chi connectivity index (χ1) is 11.8. The van der Waals surface area contributed by atoms with Crippen LogP contribution in [0, 0.1) is 0 Å². The number of anilines is 2. The summed E-state index contributed by atoms with van der Waals surface area (Å²) in [5, 5.41) is 10.7. The molecule has 1 heterocycles. The van der Waals surface area contributed by atoms with Gasteiger partial charge in [0.25, 0.3) is 0 Å². The molecule has 0 aromatic heterocycles. The predicted molar refractivity (Wildman–Crippen MR) is 98.7 cm³/mol. The zero-order valence-electron chi connectivity index (χ0n) is 14.2. The zero-order chi connectivity index (χ0) is 16.8. The maximum absolute atomic E-state index is 10.7. The number of para-hydroxylation sites is 2. The number of likely N-dealkylation sites (N-methyl/N-ethyl adjacent to an activating group) is 1.